The molecule has 5 nitrogen and oxygen atoms in total. The third-order valence-electron chi connectivity index (χ3n) is 4.54. The van der Waals surface area contributed by atoms with E-state index in [1.165, 1.54) is 24.0 Å². The average molecular weight is 417 g/mol. The Morgan fingerprint density at radius 2 is 2.32 bits per heavy atom. The number of hydrogen-bond acceptors (Lipinski definition) is 5. The van der Waals surface area contributed by atoms with E-state index in [4.69, 9.17) is 16.3 Å². The van der Waals surface area contributed by atoms with Crippen LogP contribution >= 0.6 is 23.4 Å². The van der Waals surface area contributed by atoms with Gasteiger partial charge in [-0.25, -0.2) is 4.79 Å². The molecule has 1 aliphatic rings. The monoisotopic (exact) mass is 416 g/mol. The van der Waals surface area contributed by atoms with Crippen molar-refractivity contribution in [2.75, 3.05) is 18.5 Å². The molecule has 0 aliphatic carbocycles. The molecule has 1 aromatic heterocycles. The minimum atomic E-state index is -0.973. The van der Waals surface area contributed by atoms with Gasteiger partial charge >= 0.3 is 5.97 Å². The molecule has 1 aliphatic heterocycles. The van der Waals surface area contributed by atoms with Crippen LogP contribution in [0, 0.1) is 0 Å². The molecule has 7 heteroatoms. The maximum Gasteiger partial charge on any atom is 0.337 e. The fourth-order valence-electron chi connectivity index (χ4n) is 3.19. The first kappa shape index (κ1) is 20.3. The number of nitrogens with one attached hydrogen (secondary N) is 1. The zero-order valence-corrected chi connectivity index (χ0v) is 17.0. The number of rotatable bonds is 7. The molecule has 0 amide bonds. The lowest BCUT2D eigenvalue weighted by atomic mass is 9.92. The number of pyridine rings is 1. The number of carboxylic acid groups (broad SMARTS) is 1. The van der Waals surface area contributed by atoms with Crippen LogP contribution in [0.4, 0.5) is 5.69 Å². The molecule has 28 heavy (non-hydrogen) atoms. The van der Waals surface area contributed by atoms with Crippen LogP contribution in [0.1, 0.15) is 40.7 Å². The van der Waals surface area contributed by atoms with Gasteiger partial charge in [0.05, 0.1) is 28.4 Å². The molecule has 0 saturated carbocycles. The number of hydrogen-bond donors (Lipinski definition) is 2. The van der Waals surface area contributed by atoms with Crippen LogP contribution in [0.25, 0.3) is 4.91 Å². The van der Waals surface area contributed by atoms with Crippen molar-refractivity contribution in [3.8, 4) is 5.75 Å². The van der Waals surface area contributed by atoms with Crippen LogP contribution < -0.4 is 10.1 Å². The maximum atomic E-state index is 11.4. The predicted octanol–water partition coefficient (Wildman–Crippen LogP) is 5.56. The number of halogens is 1. The maximum absolute atomic E-state index is 11.4. The first-order valence-electron chi connectivity index (χ1n) is 8.86. The molecule has 2 N–H and O–H groups in total. The third kappa shape index (κ3) is 4.69. The number of nitrogens with zero attached hydrogens (tertiary/aromatic N) is 1. The topological polar surface area (TPSA) is 71.5 Å². The zero-order chi connectivity index (χ0) is 20.1. The number of allylic oxidation sites excluding steroid dienone is 1. The standard InChI is InChI=1S/C21H21ClN2O3S/c1-3-20(28-13(2)22)14-4-5-16-15(7-9-27-19(16)10-14)11-24-18-12-23-8-6-17(18)21(25)26/h3-6,8,10,12,15,24H,2,7,9,11H2,1H3,(H,25,26)/b20-3-. The van der Waals surface area contributed by atoms with Crippen molar-refractivity contribution in [3.63, 3.8) is 0 Å². The molecule has 146 valence electrons. The number of aromatic carboxylic acids is 1. The smallest absolute Gasteiger partial charge is 0.337 e. The van der Waals surface area contributed by atoms with Gasteiger partial charge in [-0.2, -0.15) is 0 Å². The van der Waals surface area contributed by atoms with Gasteiger partial charge in [-0.3, -0.25) is 4.98 Å². The van der Waals surface area contributed by atoms with E-state index >= 15 is 0 Å². The molecule has 1 atom stereocenters. The van der Waals surface area contributed by atoms with Gasteiger partial charge in [0.15, 0.2) is 0 Å². The molecule has 2 heterocycles. The molecule has 0 spiro atoms. The van der Waals surface area contributed by atoms with Gasteiger partial charge in [-0.15, -0.1) is 0 Å². The first-order chi connectivity index (χ1) is 13.5. The van der Waals surface area contributed by atoms with Gasteiger partial charge in [0.2, 0.25) is 0 Å². The lowest BCUT2D eigenvalue weighted by Crippen LogP contribution is -2.21. The highest BCUT2D eigenvalue weighted by Crippen LogP contribution is 2.40. The van der Waals surface area contributed by atoms with Crippen LogP contribution in [-0.2, 0) is 0 Å². The van der Waals surface area contributed by atoms with E-state index in [0.717, 1.165) is 28.2 Å². The molecule has 3 rings (SSSR count). The molecule has 0 radical (unpaired) electrons. The fraction of sp³-hybridized carbons (Fsp3) is 0.238. The Hall–Kier alpha value is -2.44. The quantitative estimate of drug-likeness (QED) is 0.615. The Morgan fingerprint density at radius 3 is 3.04 bits per heavy atom. The highest BCUT2D eigenvalue weighted by atomic mass is 35.5. The van der Waals surface area contributed by atoms with E-state index in [1.807, 2.05) is 19.1 Å². The Balaban J connectivity index is 1.79. The van der Waals surface area contributed by atoms with Gasteiger partial charge in [-0.05, 0) is 36.6 Å². The van der Waals surface area contributed by atoms with Crippen molar-refractivity contribution in [3.05, 3.63) is 70.4 Å². The number of ether oxygens (including phenoxy) is 1. The van der Waals surface area contributed by atoms with Gasteiger partial charge in [0.25, 0.3) is 0 Å². The molecule has 0 bridgehead atoms. The highest BCUT2D eigenvalue weighted by molar-refractivity contribution is 8.13. The summed E-state index contributed by atoms with van der Waals surface area (Å²) in [6.07, 6.45) is 5.87. The minimum Gasteiger partial charge on any atom is -0.493 e. The van der Waals surface area contributed by atoms with Crippen molar-refractivity contribution >= 4 is 39.9 Å². The number of carboxylic acids is 1. The normalized spacial score (nSPS) is 16.1. The second-order valence-corrected chi connectivity index (χ2v) is 8.12. The van der Waals surface area contributed by atoms with E-state index in [2.05, 4.69) is 29.0 Å². The van der Waals surface area contributed by atoms with Crippen LogP contribution in [-0.4, -0.2) is 29.2 Å². The predicted molar refractivity (Wildman–Crippen MR) is 115 cm³/mol. The summed E-state index contributed by atoms with van der Waals surface area (Å²) < 4.78 is 6.40. The SMILES string of the molecule is C=C(Cl)S/C(=C\C)c1ccc2c(c1)OCCC2CNc1cnccc1C(=O)O. The van der Waals surface area contributed by atoms with Crippen molar-refractivity contribution in [2.24, 2.45) is 0 Å². The number of fused-ring (bicyclic) bond motifs is 1. The molecule has 2 aromatic rings. The van der Waals surface area contributed by atoms with Crippen molar-refractivity contribution < 1.29 is 14.6 Å². The highest BCUT2D eigenvalue weighted by Gasteiger charge is 2.23. The van der Waals surface area contributed by atoms with Crippen molar-refractivity contribution in [2.45, 2.75) is 19.3 Å². The second-order valence-electron chi connectivity index (χ2n) is 6.30. The summed E-state index contributed by atoms with van der Waals surface area (Å²) in [5, 5.41) is 12.6. The first-order valence-corrected chi connectivity index (χ1v) is 10.1. The number of thioether (sulfide) groups is 1. The minimum absolute atomic E-state index is 0.212. The lowest BCUT2D eigenvalue weighted by molar-refractivity contribution is 0.0697. The average Bonchev–Trinajstić information content (AvgIpc) is 2.70. The number of carbonyl (C=O) groups is 1. The molecular weight excluding hydrogens is 396 g/mol. The van der Waals surface area contributed by atoms with Crippen molar-refractivity contribution in [1.29, 1.82) is 0 Å². The van der Waals surface area contributed by atoms with E-state index < -0.39 is 5.97 Å². The second kappa shape index (κ2) is 9.17. The molecule has 0 fully saturated rings. The summed E-state index contributed by atoms with van der Waals surface area (Å²) in [5.41, 5.74) is 2.87. The number of benzene rings is 1. The van der Waals surface area contributed by atoms with Gasteiger partial charge in [0.1, 0.15) is 5.75 Å². The Morgan fingerprint density at radius 1 is 1.50 bits per heavy atom. The summed E-state index contributed by atoms with van der Waals surface area (Å²) in [7, 11) is 0. The molecule has 0 saturated heterocycles. The van der Waals surface area contributed by atoms with Crippen LogP contribution in [0.3, 0.4) is 0 Å². The van der Waals surface area contributed by atoms with E-state index in [1.54, 1.807) is 6.20 Å². The number of anilines is 1. The molecular formula is C21H21ClN2O3S. The molecule has 1 aromatic carbocycles. The van der Waals surface area contributed by atoms with E-state index in [0.29, 0.717) is 23.2 Å². The zero-order valence-electron chi connectivity index (χ0n) is 15.4. The fourth-order valence-corrected chi connectivity index (χ4v) is 4.04. The lowest BCUT2D eigenvalue weighted by Gasteiger charge is -2.27. The number of aromatic nitrogens is 1. The summed E-state index contributed by atoms with van der Waals surface area (Å²) in [6.45, 7) is 6.92. The van der Waals surface area contributed by atoms with Gasteiger partial charge < -0.3 is 15.2 Å². The largest absolute Gasteiger partial charge is 0.493 e. The van der Waals surface area contributed by atoms with E-state index in [9.17, 15) is 9.90 Å². The van der Waals surface area contributed by atoms with Gasteiger partial charge in [0, 0.05) is 23.6 Å². The summed E-state index contributed by atoms with van der Waals surface area (Å²) in [4.78, 5) is 16.4. The Bertz CT molecular complexity index is 930. The summed E-state index contributed by atoms with van der Waals surface area (Å²) in [6, 6.07) is 7.64. The van der Waals surface area contributed by atoms with E-state index in [-0.39, 0.29) is 11.5 Å². The van der Waals surface area contributed by atoms with Crippen LogP contribution in [0.15, 0.2) is 53.7 Å². The third-order valence-corrected chi connectivity index (χ3v) is 5.68. The Labute approximate surface area is 173 Å². The van der Waals surface area contributed by atoms with Crippen LogP contribution in [0.2, 0.25) is 0 Å². The van der Waals surface area contributed by atoms with Crippen LogP contribution in [0.5, 0.6) is 5.75 Å². The Kier molecular flexibility index (Phi) is 6.65. The summed E-state index contributed by atoms with van der Waals surface area (Å²) >= 11 is 7.36. The molecule has 1 unspecified atom stereocenters. The summed E-state index contributed by atoms with van der Waals surface area (Å²) in [5.74, 6) is 0.0869. The van der Waals surface area contributed by atoms with Crippen molar-refractivity contribution in [1.82, 2.24) is 4.98 Å². The van der Waals surface area contributed by atoms with Gasteiger partial charge in [-0.1, -0.05) is 48.2 Å².